The van der Waals surface area contributed by atoms with Crippen LogP contribution in [-0.2, 0) is 6.54 Å². The van der Waals surface area contributed by atoms with Crippen LogP contribution in [0.1, 0.15) is 19.0 Å². The highest BCUT2D eigenvalue weighted by atomic mass is 32.1. The van der Waals surface area contributed by atoms with Crippen LogP contribution in [0.5, 0.6) is 0 Å². The zero-order valence-corrected chi connectivity index (χ0v) is 16.5. The molecular formula is C19H24F3N5S. The first-order valence-electron chi connectivity index (χ1n) is 9.26. The van der Waals surface area contributed by atoms with E-state index in [4.69, 9.17) is 0 Å². The van der Waals surface area contributed by atoms with E-state index in [0.29, 0.717) is 38.6 Å². The predicted molar refractivity (Wildman–Crippen MR) is 106 cm³/mol. The van der Waals surface area contributed by atoms with Crippen LogP contribution in [-0.4, -0.2) is 54.2 Å². The Morgan fingerprint density at radius 3 is 2.82 bits per heavy atom. The van der Waals surface area contributed by atoms with Gasteiger partial charge in [-0.25, -0.2) is 9.98 Å². The van der Waals surface area contributed by atoms with Crippen molar-refractivity contribution in [2.24, 2.45) is 4.99 Å². The first-order valence-corrected chi connectivity index (χ1v) is 10.1. The van der Waals surface area contributed by atoms with Gasteiger partial charge in [-0.3, -0.25) is 4.90 Å². The first-order chi connectivity index (χ1) is 13.4. The molecule has 5 nitrogen and oxygen atoms in total. The smallest absolute Gasteiger partial charge is 0.357 e. The molecular weight excluding hydrogens is 387 g/mol. The normalized spacial score (nSPS) is 18.4. The molecule has 0 bridgehead atoms. The number of hydrogen-bond donors (Lipinski definition) is 2. The third kappa shape index (κ3) is 6.20. The van der Waals surface area contributed by atoms with Crippen LogP contribution in [0.4, 0.5) is 13.2 Å². The lowest BCUT2D eigenvalue weighted by molar-refractivity contribution is -0.143. The fourth-order valence-corrected chi connectivity index (χ4v) is 3.93. The summed E-state index contributed by atoms with van der Waals surface area (Å²) in [6.45, 7) is 2.98. The molecule has 1 fully saturated rings. The Balaban J connectivity index is 1.57. The van der Waals surface area contributed by atoms with Crippen LogP contribution >= 0.6 is 11.3 Å². The Labute approximate surface area is 166 Å². The molecule has 2 N–H and O–H groups in total. The summed E-state index contributed by atoms with van der Waals surface area (Å²) >= 11 is 1.57. The number of rotatable bonds is 6. The SMILES string of the molecule is CCNC(=NCc1csc(-c2ccccc2)n1)NC1CCN(CC(F)(F)F)C1. The maximum atomic E-state index is 12.5. The van der Waals surface area contributed by atoms with Gasteiger partial charge in [0.1, 0.15) is 5.01 Å². The van der Waals surface area contributed by atoms with Crippen LogP contribution in [0.25, 0.3) is 10.6 Å². The highest BCUT2D eigenvalue weighted by Crippen LogP contribution is 2.23. The van der Waals surface area contributed by atoms with Crippen molar-refractivity contribution in [2.45, 2.75) is 32.1 Å². The van der Waals surface area contributed by atoms with E-state index in [2.05, 4.69) is 20.6 Å². The molecule has 2 heterocycles. The Morgan fingerprint density at radius 1 is 1.32 bits per heavy atom. The van der Waals surface area contributed by atoms with Gasteiger partial charge in [0.2, 0.25) is 0 Å². The number of guanidine groups is 1. The van der Waals surface area contributed by atoms with Gasteiger partial charge in [-0.1, -0.05) is 30.3 Å². The predicted octanol–water partition coefficient (Wildman–Crippen LogP) is 3.50. The Bertz CT molecular complexity index is 775. The van der Waals surface area contributed by atoms with Gasteiger partial charge in [-0.2, -0.15) is 13.2 Å². The first kappa shape index (κ1) is 20.6. The minimum Gasteiger partial charge on any atom is -0.357 e. The highest BCUT2D eigenvalue weighted by Gasteiger charge is 2.34. The number of hydrogen-bond acceptors (Lipinski definition) is 4. The van der Waals surface area contributed by atoms with E-state index >= 15 is 0 Å². The highest BCUT2D eigenvalue weighted by molar-refractivity contribution is 7.13. The number of benzene rings is 1. The number of likely N-dealkylation sites (tertiary alicyclic amines) is 1. The zero-order chi connectivity index (χ0) is 20.0. The van der Waals surface area contributed by atoms with Crippen molar-refractivity contribution in [1.29, 1.82) is 0 Å². The lowest BCUT2D eigenvalue weighted by Crippen LogP contribution is -2.45. The fourth-order valence-electron chi connectivity index (χ4n) is 3.11. The summed E-state index contributed by atoms with van der Waals surface area (Å²) in [5.41, 5.74) is 1.94. The summed E-state index contributed by atoms with van der Waals surface area (Å²) in [4.78, 5) is 10.6. The van der Waals surface area contributed by atoms with E-state index in [1.807, 2.05) is 42.6 Å². The number of aliphatic imine (C=N–C) groups is 1. The maximum Gasteiger partial charge on any atom is 0.401 e. The second-order valence-electron chi connectivity index (χ2n) is 6.69. The molecule has 1 unspecified atom stereocenters. The van der Waals surface area contributed by atoms with Gasteiger partial charge in [0.25, 0.3) is 0 Å². The molecule has 1 aliphatic heterocycles. The molecule has 1 atom stereocenters. The van der Waals surface area contributed by atoms with Gasteiger partial charge >= 0.3 is 6.18 Å². The molecule has 1 aromatic carbocycles. The summed E-state index contributed by atoms with van der Waals surface area (Å²) in [6.07, 6.45) is -3.50. The molecule has 1 saturated heterocycles. The van der Waals surface area contributed by atoms with E-state index < -0.39 is 12.7 Å². The van der Waals surface area contributed by atoms with Crippen molar-refractivity contribution in [3.63, 3.8) is 0 Å². The summed E-state index contributed by atoms with van der Waals surface area (Å²) in [7, 11) is 0. The summed E-state index contributed by atoms with van der Waals surface area (Å²) in [5.74, 6) is 0.607. The third-order valence-corrected chi connectivity index (χ3v) is 5.27. The molecule has 28 heavy (non-hydrogen) atoms. The molecule has 3 rings (SSSR count). The fraction of sp³-hybridized carbons (Fsp3) is 0.474. The summed E-state index contributed by atoms with van der Waals surface area (Å²) in [5, 5.41) is 9.33. The lowest BCUT2D eigenvalue weighted by Gasteiger charge is -2.19. The monoisotopic (exact) mass is 411 g/mol. The molecule has 1 aliphatic rings. The van der Waals surface area contributed by atoms with Gasteiger partial charge in [-0.15, -0.1) is 11.3 Å². The van der Waals surface area contributed by atoms with Crippen LogP contribution in [0.3, 0.4) is 0 Å². The number of thiazole rings is 1. The molecule has 9 heteroatoms. The van der Waals surface area contributed by atoms with Crippen molar-refractivity contribution >= 4 is 17.3 Å². The lowest BCUT2D eigenvalue weighted by atomic mass is 10.2. The second kappa shape index (κ2) is 9.38. The van der Waals surface area contributed by atoms with E-state index in [9.17, 15) is 13.2 Å². The van der Waals surface area contributed by atoms with Gasteiger partial charge < -0.3 is 10.6 Å². The molecule has 1 aromatic heterocycles. The minimum atomic E-state index is -4.16. The maximum absolute atomic E-state index is 12.5. The number of alkyl halides is 3. The average molecular weight is 411 g/mol. The third-order valence-electron chi connectivity index (χ3n) is 4.33. The van der Waals surface area contributed by atoms with E-state index in [1.165, 1.54) is 4.90 Å². The van der Waals surface area contributed by atoms with Crippen LogP contribution in [0.2, 0.25) is 0 Å². The molecule has 152 valence electrons. The second-order valence-corrected chi connectivity index (χ2v) is 7.54. The summed E-state index contributed by atoms with van der Waals surface area (Å²) < 4.78 is 37.6. The van der Waals surface area contributed by atoms with Crippen molar-refractivity contribution in [2.75, 3.05) is 26.2 Å². The topological polar surface area (TPSA) is 52.6 Å². The van der Waals surface area contributed by atoms with E-state index in [-0.39, 0.29) is 6.04 Å². The van der Waals surface area contributed by atoms with Crippen molar-refractivity contribution in [1.82, 2.24) is 20.5 Å². The van der Waals surface area contributed by atoms with Crippen molar-refractivity contribution in [3.8, 4) is 10.6 Å². The molecule has 2 aromatic rings. The van der Waals surface area contributed by atoms with Crippen molar-refractivity contribution in [3.05, 3.63) is 41.4 Å². The van der Waals surface area contributed by atoms with Crippen molar-refractivity contribution < 1.29 is 13.2 Å². The number of halogens is 3. The molecule has 0 radical (unpaired) electrons. The van der Waals surface area contributed by atoms with Crippen LogP contribution in [0.15, 0.2) is 40.7 Å². The van der Waals surface area contributed by atoms with E-state index in [0.717, 1.165) is 16.3 Å². The van der Waals surface area contributed by atoms with Gasteiger partial charge in [0.05, 0.1) is 18.8 Å². The summed E-state index contributed by atoms with van der Waals surface area (Å²) in [6, 6.07) is 9.91. The Hall–Kier alpha value is -2.13. The molecule has 0 aliphatic carbocycles. The minimum absolute atomic E-state index is 0.0459. The zero-order valence-electron chi connectivity index (χ0n) is 15.7. The van der Waals surface area contributed by atoms with Crippen LogP contribution < -0.4 is 10.6 Å². The number of nitrogens with one attached hydrogen (secondary N) is 2. The van der Waals surface area contributed by atoms with Gasteiger partial charge in [-0.05, 0) is 13.3 Å². The molecule has 0 amide bonds. The average Bonchev–Trinajstić information content (AvgIpc) is 3.29. The molecule has 0 spiro atoms. The van der Waals surface area contributed by atoms with Gasteiger partial charge in [0.15, 0.2) is 5.96 Å². The van der Waals surface area contributed by atoms with Gasteiger partial charge in [0, 0.05) is 36.6 Å². The Morgan fingerprint density at radius 2 is 2.11 bits per heavy atom. The van der Waals surface area contributed by atoms with E-state index in [1.54, 1.807) is 11.3 Å². The Kier molecular flexibility index (Phi) is 6.90. The van der Waals surface area contributed by atoms with Crippen LogP contribution in [0, 0.1) is 0 Å². The number of nitrogens with zero attached hydrogens (tertiary/aromatic N) is 3. The largest absolute Gasteiger partial charge is 0.401 e. The quantitative estimate of drug-likeness (QED) is 0.564. The molecule has 0 saturated carbocycles. The number of aromatic nitrogens is 1. The standard InChI is InChI=1S/C19H24F3N5S/c1-2-23-18(26-15-8-9-27(11-15)13-19(20,21)22)24-10-16-12-28-17(25-16)14-6-4-3-5-7-14/h3-7,12,15H,2,8-11,13H2,1H3,(H2,23,24,26).